The monoisotopic (exact) mass is 1170 g/mol. The maximum absolute atomic E-state index is 16.9. The summed E-state index contributed by atoms with van der Waals surface area (Å²) in [6.07, 6.45) is 2.32. The number of likely N-dealkylation sites (N-methyl/N-ethyl adjacent to an activating group) is 1. The highest BCUT2D eigenvalue weighted by Gasteiger charge is 2.45. The fourth-order valence-electron chi connectivity index (χ4n) is 10.2. The number of piperidine rings is 1. The Balaban J connectivity index is 0.699. The molecule has 2 fully saturated rings. The van der Waals surface area contributed by atoms with E-state index in [4.69, 9.17) is 35.5 Å². The number of carbonyl (C=O) groups is 4. The number of hydrogen-bond donors (Lipinski definition) is 5. The van der Waals surface area contributed by atoms with E-state index in [1.54, 1.807) is 35.4 Å². The molecule has 0 saturated carbocycles. The summed E-state index contributed by atoms with van der Waals surface area (Å²) in [5.74, 6) is -1.38. The molecule has 2 aliphatic rings. The van der Waals surface area contributed by atoms with Gasteiger partial charge in [0.05, 0.1) is 79.5 Å². The van der Waals surface area contributed by atoms with Crippen molar-refractivity contribution in [2.45, 2.75) is 91.0 Å². The fourth-order valence-corrected chi connectivity index (χ4v) is 11.3. The van der Waals surface area contributed by atoms with E-state index in [2.05, 4.69) is 30.8 Å². The third-order valence-corrected chi connectivity index (χ3v) is 15.9. The molecule has 2 saturated heterocycles. The van der Waals surface area contributed by atoms with Crippen molar-refractivity contribution in [1.29, 1.82) is 0 Å². The lowest BCUT2D eigenvalue weighted by Crippen LogP contribution is -2.58. The predicted octanol–water partition coefficient (Wildman–Crippen LogP) is 8.07. The van der Waals surface area contributed by atoms with Gasteiger partial charge in [0, 0.05) is 63.6 Å². The Kier molecular flexibility index (Phi) is 21.4. The zero-order chi connectivity index (χ0) is 58.5. The quantitative estimate of drug-likeness (QED) is 0.0324. The number of nitrogens with one attached hydrogen (secondary N) is 3. The first kappa shape index (κ1) is 61.5. The predicted molar refractivity (Wildman–Crippen MR) is 316 cm³/mol. The van der Waals surface area contributed by atoms with Crippen LogP contribution in [0.25, 0.3) is 43.2 Å². The van der Waals surface area contributed by atoms with Gasteiger partial charge in [-0.15, -0.1) is 11.3 Å². The average molecular weight is 1170 g/mol. The van der Waals surface area contributed by atoms with Crippen molar-refractivity contribution in [2.24, 2.45) is 5.41 Å². The molecular weight excluding hydrogens is 1090 g/mol. The second kappa shape index (κ2) is 28.6. The number of likely N-dealkylation sites (tertiary alicyclic amines) is 1. The third-order valence-electron chi connectivity index (χ3n) is 14.7. The number of fused-ring (bicyclic) bond motifs is 2. The Labute approximate surface area is 486 Å². The van der Waals surface area contributed by atoms with E-state index in [1.807, 2.05) is 88.7 Å². The summed E-state index contributed by atoms with van der Waals surface area (Å²) in [5, 5.41) is 32.3. The van der Waals surface area contributed by atoms with Crippen LogP contribution in [-0.2, 0) is 38.1 Å². The number of nitrogens with zero attached hydrogens (tertiary/aromatic N) is 6. The Morgan fingerprint density at radius 2 is 1.57 bits per heavy atom. The van der Waals surface area contributed by atoms with E-state index >= 15 is 4.39 Å². The number of benzene rings is 4. The van der Waals surface area contributed by atoms with Crippen LogP contribution in [0.3, 0.4) is 0 Å². The lowest BCUT2D eigenvalue weighted by atomic mass is 9.85. The summed E-state index contributed by atoms with van der Waals surface area (Å²) in [6.45, 7) is 12.8. The molecule has 0 spiro atoms. The Morgan fingerprint density at radius 1 is 0.890 bits per heavy atom. The van der Waals surface area contributed by atoms with E-state index in [0.29, 0.717) is 49.7 Å². The van der Waals surface area contributed by atoms with E-state index in [1.165, 1.54) is 11.0 Å². The number of aromatic nitrogens is 3. The highest BCUT2D eigenvalue weighted by Crippen LogP contribution is 2.43. The van der Waals surface area contributed by atoms with Crippen LogP contribution in [0.15, 0.2) is 72.2 Å². The van der Waals surface area contributed by atoms with E-state index < -0.39 is 41.2 Å². The molecule has 440 valence electrons. The molecule has 22 heteroatoms. The zero-order valence-electron chi connectivity index (χ0n) is 47.5. The molecule has 19 nitrogen and oxygen atoms in total. The first-order valence-corrected chi connectivity index (χ1v) is 29.2. The van der Waals surface area contributed by atoms with Crippen molar-refractivity contribution in [3.63, 3.8) is 0 Å². The van der Waals surface area contributed by atoms with Crippen molar-refractivity contribution < 1.29 is 52.7 Å². The Hall–Kier alpha value is -6.59. The average Bonchev–Trinajstić information content (AvgIpc) is 2.36. The molecule has 5 N–H and O–H groups in total. The van der Waals surface area contributed by atoms with Gasteiger partial charge in [-0.3, -0.25) is 19.2 Å². The molecule has 0 radical (unpaired) electrons. The van der Waals surface area contributed by atoms with Gasteiger partial charge in [-0.05, 0) is 84.2 Å². The lowest BCUT2D eigenvalue weighted by molar-refractivity contribution is -0.144. The van der Waals surface area contributed by atoms with Gasteiger partial charge < -0.3 is 59.8 Å². The van der Waals surface area contributed by atoms with Crippen molar-refractivity contribution in [2.75, 3.05) is 103 Å². The molecule has 4 atom stereocenters. The van der Waals surface area contributed by atoms with Crippen molar-refractivity contribution >= 4 is 80.0 Å². The number of anilines is 2. The largest absolute Gasteiger partial charge is 0.508 e. The molecule has 4 heterocycles. The van der Waals surface area contributed by atoms with Gasteiger partial charge in [-0.2, -0.15) is 4.98 Å². The maximum atomic E-state index is 16.9. The minimum absolute atomic E-state index is 0.0151. The van der Waals surface area contributed by atoms with Crippen molar-refractivity contribution in [3.05, 3.63) is 94.3 Å². The van der Waals surface area contributed by atoms with Gasteiger partial charge in [0.1, 0.15) is 35.8 Å². The number of aromatic hydroxyl groups is 1. The van der Waals surface area contributed by atoms with Gasteiger partial charge in [-0.25, -0.2) is 14.4 Å². The molecule has 2 aromatic heterocycles. The van der Waals surface area contributed by atoms with Crippen LogP contribution in [-0.4, -0.2) is 169 Å². The minimum Gasteiger partial charge on any atom is -0.508 e. The molecule has 4 amide bonds. The van der Waals surface area contributed by atoms with Gasteiger partial charge in [-0.1, -0.05) is 80.9 Å². The summed E-state index contributed by atoms with van der Waals surface area (Å²) >= 11 is 8.43. The van der Waals surface area contributed by atoms with Gasteiger partial charge >= 0.3 is 0 Å². The number of hydrogen-bond acceptors (Lipinski definition) is 16. The van der Waals surface area contributed by atoms with Gasteiger partial charge in [0.25, 0.3) is 0 Å². The molecule has 4 aromatic carbocycles. The first-order valence-electron chi connectivity index (χ1n) is 27.9. The Morgan fingerprint density at radius 3 is 2.26 bits per heavy atom. The molecule has 82 heavy (non-hydrogen) atoms. The topological polar surface area (TPSA) is 230 Å². The number of thiazole rings is 1. The number of amides is 4. The summed E-state index contributed by atoms with van der Waals surface area (Å²) in [5.41, 5.74) is 4.62. The minimum atomic E-state index is -0.997. The first-order chi connectivity index (χ1) is 39.4. The second-order valence-corrected chi connectivity index (χ2v) is 23.1. The van der Waals surface area contributed by atoms with E-state index in [-0.39, 0.29) is 98.0 Å². The molecule has 0 unspecified atom stereocenters. The standard InChI is InChI=1S/C60H75ClFN9O10S/c1-37(39-14-16-40(17-15-39)54-38(2)64-36-82-54)65-57(76)48-32-43(73)34-71(48)58(77)55(60(3,4)5)66-49(74)35-81-29-28-80-27-26-79-25-24-78-23-22-69(6)50(75)18-19-63-59-67-53-46(56(68-59)70-20-10-7-11-21-70)33-47(61)51(52(53)62)45-31-42(72)30-41-12-8-9-13-44(41)45/h8-9,12-17,30-31,33,36-37,43,48,55,72-73H,7,10-11,18-29,32,34-35H2,1-6H3,(H,65,76)(H,66,74)(H,63,67,68)/t37-,43+,48-,55+/m0/s1. The maximum Gasteiger partial charge on any atom is 0.246 e. The highest BCUT2D eigenvalue weighted by atomic mass is 35.5. The molecule has 6 aromatic rings. The van der Waals surface area contributed by atoms with Crippen LogP contribution >= 0.6 is 22.9 Å². The summed E-state index contributed by atoms with van der Waals surface area (Å²) in [4.78, 5) is 73.8. The van der Waals surface area contributed by atoms with Crippen LogP contribution in [0.4, 0.5) is 16.2 Å². The van der Waals surface area contributed by atoms with Crippen LogP contribution < -0.4 is 20.9 Å². The molecular formula is C60H75ClFN9O10S. The number of phenols is 1. The fraction of sp³-hybridized carbons (Fsp3) is 0.483. The van der Waals surface area contributed by atoms with Crippen LogP contribution in [0.5, 0.6) is 5.75 Å². The molecule has 0 bridgehead atoms. The number of phenolic OH excluding ortho intramolecular Hbond substituents is 1. The second-order valence-electron chi connectivity index (χ2n) is 21.8. The van der Waals surface area contributed by atoms with Crippen LogP contribution in [0.2, 0.25) is 5.02 Å². The number of β-amino-alcohol motifs (C(OH)–C–C–N with tert-alkyl or cyclic N) is 1. The highest BCUT2D eigenvalue weighted by molar-refractivity contribution is 7.13. The van der Waals surface area contributed by atoms with Crippen molar-refractivity contribution in [1.82, 2.24) is 35.4 Å². The normalized spacial score (nSPS) is 16.4. The summed E-state index contributed by atoms with van der Waals surface area (Å²) in [6, 6.07) is 17.8. The molecule has 2 aliphatic heterocycles. The number of aliphatic hydroxyl groups is 1. The number of aliphatic hydroxyl groups excluding tert-OH is 1. The number of aryl methyl sites for hydroxylation is 1. The zero-order valence-corrected chi connectivity index (χ0v) is 49.0. The number of rotatable bonds is 26. The molecule has 0 aliphatic carbocycles. The van der Waals surface area contributed by atoms with Crippen LogP contribution in [0.1, 0.15) is 77.1 Å². The SMILES string of the molecule is Cc1ncsc1-c1ccc([C@H](C)NC(=O)[C@@H]2C[C@@H](O)CN2C(=O)[C@@H](NC(=O)COCCOCCOCCOCCN(C)C(=O)CCNc2nc(N3CCCCC3)c3cc(Cl)c(-c4cc(O)cc5ccccc45)c(F)c3n2)C(C)(C)C)cc1. The van der Waals surface area contributed by atoms with Gasteiger partial charge in [0.2, 0.25) is 29.6 Å². The summed E-state index contributed by atoms with van der Waals surface area (Å²) in [7, 11) is 1.70. The number of carbonyl (C=O) groups excluding carboxylic acids is 4. The lowest BCUT2D eigenvalue weighted by Gasteiger charge is -2.35. The van der Waals surface area contributed by atoms with E-state index in [9.17, 15) is 29.4 Å². The third kappa shape index (κ3) is 15.7. The summed E-state index contributed by atoms with van der Waals surface area (Å²) < 4.78 is 39.3. The number of ether oxygens (including phenoxy) is 4. The molecule has 8 rings (SSSR count). The van der Waals surface area contributed by atoms with E-state index in [0.717, 1.165) is 64.8 Å². The number of halogens is 2. The Bertz CT molecular complexity index is 3180. The van der Waals surface area contributed by atoms with Crippen LogP contribution in [0, 0.1) is 18.2 Å². The smallest absolute Gasteiger partial charge is 0.246 e. The van der Waals surface area contributed by atoms with Crippen molar-refractivity contribution in [3.8, 4) is 27.3 Å². The van der Waals surface area contributed by atoms with Gasteiger partial charge in [0.15, 0.2) is 5.82 Å².